The van der Waals surface area contributed by atoms with Gasteiger partial charge in [0.2, 0.25) is 0 Å². The molecule has 3 atom stereocenters. The molecule has 18 nitrogen and oxygen atoms in total. The minimum atomic E-state index is -4.71. The van der Waals surface area contributed by atoms with E-state index in [1.54, 1.807) is 19.1 Å². The lowest BCUT2D eigenvalue weighted by atomic mass is 10.1. The summed E-state index contributed by atoms with van der Waals surface area (Å²) in [5.74, 6) is 2.45. The van der Waals surface area contributed by atoms with Gasteiger partial charge in [0.15, 0.2) is 0 Å². The number of aromatic hydroxyl groups is 1. The molecule has 27 heteroatoms. The van der Waals surface area contributed by atoms with Crippen molar-refractivity contribution in [2.24, 2.45) is 0 Å². The number of aliphatic hydroxyl groups is 4. The number of epoxide rings is 2. The van der Waals surface area contributed by atoms with Crippen molar-refractivity contribution in [3.05, 3.63) is 158 Å². The molecule has 0 spiro atoms. The van der Waals surface area contributed by atoms with E-state index in [4.69, 9.17) is 48.5 Å². The number of phenols is 1. The van der Waals surface area contributed by atoms with Crippen molar-refractivity contribution in [3.8, 4) is 51.7 Å². The smallest absolute Gasteiger partial charge is 0.508 e. The summed E-state index contributed by atoms with van der Waals surface area (Å²) in [5, 5.41) is 44.6. The SMILES string of the molecule is C=C(C)CO.C[C@@](O)(CO)COc1ccc(N2CCC(Oc3ccc(OC(F)(F)F)cc3)CC2)cc1.C[C@@]1(CO)CO1.C[C@]1(COc2ccc(N3CCC(Oc4ccc(OC(F)(F)F)cc4)CC3)cc2)CO1.Oc1ccc(N2CCC(Oc3ccc(OC(F)(F)F)cc3)CC2)cc1. The van der Waals surface area contributed by atoms with Gasteiger partial charge in [-0.05, 0) is 173 Å². The predicted octanol–water partition coefficient (Wildman–Crippen LogP) is 13.2. The van der Waals surface area contributed by atoms with E-state index in [2.05, 4.69) is 35.5 Å². The zero-order valence-corrected chi connectivity index (χ0v) is 54.3. The van der Waals surface area contributed by atoms with Crippen LogP contribution in [0.1, 0.15) is 66.2 Å². The standard InChI is InChI=1S/C22H26F3NO5.C22H24F3NO4.C18H18F3NO3.C4H8O2.C4H8O/c1-21(28,14-27)15-29-17-4-2-16(3-5-17)26-12-10-19(11-13-26)30-18-6-8-20(9-7-18)31-22(23,24)25;1-21(15-28-21)14-27-17-4-2-16(3-5-17)26-12-10-19(11-13-26)29-18-6-8-20(9-7-18)30-22(23,24)25;19-18(20,21)25-17-7-5-15(6-8-17)24-16-9-11-22(12-10-16)13-1-3-14(23)4-2-13;1-4(2-5)3-6-4;1-4(2)3-5/h2-9,19,27-28H,10-15H2,1H3;2-9,19H,10-15H2,1H3;1-8,16,23H,9-12H2;5H,2-3H2,1H3;5H,1,3H2,2H3/t2*21-;;4-;/m10.1./s1. The second-order valence-corrected chi connectivity index (χ2v) is 24.5. The minimum Gasteiger partial charge on any atom is -0.508 e. The van der Waals surface area contributed by atoms with Gasteiger partial charge in [0.25, 0.3) is 0 Å². The lowest BCUT2D eigenvalue weighted by Gasteiger charge is -2.33. The van der Waals surface area contributed by atoms with Crippen LogP contribution < -0.4 is 52.6 Å². The zero-order chi connectivity index (χ0) is 70.4. The van der Waals surface area contributed by atoms with Gasteiger partial charge >= 0.3 is 19.1 Å². The molecule has 0 bridgehead atoms. The molecule has 6 aromatic carbocycles. The van der Waals surface area contributed by atoms with Crippen LogP contribution in [0.15, 0.2) is 158 Å². The summed E-state index contributed by atoms with van der Waals surface area (Å²) in [5.41, 5.74) is 2.45. The summed E-state index contributed by atoms with van der Waals surface area (Å²) < 4.78 is 160. The zero-order valence-electron chi connectivity index (χ0n) is 54.3. The van der Waals surface area contributed by atoms with E-state index >= 15 is 0 Å². The third kappa shape index (κ3) is 28.4. The van der Waals surface area contributed by atoms with E-state index in [0.29, 0.717) is 29.6 Å². The Morgan fingerprint density at radius 2 is 0.732 bits per heavy atom. The Morgan fingerprint density at radius 3 is 0.979 bits per heavy atom. The maximum absolute atomic E-state index is 12.2. The third-order valence-electron chi connectivity index (χ3n) is 15.3. The Kier molecular flexibility index (Phi) is 27.3. The molecular weight excluding hydrogens is 1290 g/mol. The molecule has 0 amide bonds. The Hall–Kier alpha value is -8.21. The van der Waals surface area contributed by atoms with Gasteiger partial charge in [-0.15, -0.1) is 39.5 Å². The molecule has 97 heavy (non-hydrogen) atoms. The quantitative estimate of drug-likeness (QED) is 0.0258. The van der Waals surface area contributed by atoms with Crippen molar-refractivity contribution in [2.45, 2.75) is 120 Å². The van der Waals surface area contributed by atoms with E-state index in [1.165, 1.54) is 79.7 Å². The Balaban J connectivity index is 0.000000190. The molecule has 532 valence electrons. The summed E-state index contributed by atoms with van der Waals surface area (Å²) in [6.45, 7) is 17.4. The van der Waals surface area contributed by atoms with Crippen molar-refractivity contribution in [2.75, 3.05) is 100 Å². The number of halogens is 9. The fraction of sp³-hybridized carbons (Fsp3) is 0.457. The first-order valence-electron chi connectivity index (χ1n) is 31.4. The number of aliphatic hydroxyl groups excluding tert-OH is 3. The Morgan fingerprint density at radius 1 is 0.464 bits per heavy atom. The van der Waals surface area contributed by atoms with Crippen molar-refractivity contribution in [3.63, 3.8) is 0 Å². The fourth-order valence-electron chi connectivity index (χ4n) is 9.54. The molecule has 0 radical (unpaired) electrons. The minimum absolute atomic E-state index is 0.00507. The van der Waals surface area contributed by atoms with E-state index in [0.717, 1.165) is 119 Å². The highest BCUT2D eigenvalue weighted by atomic mass is 19.4. The molecule has 5 saturated heterocycles. The van der Waals surface area contributed by atoms with Crippen LogP contribution in [0.5, 0.6) is 51.7 Å². The molecular formula is C70H84F9N3O15. The third-order valence-corrected chi connectivity index (χ3v) is 15.3. The van der Waals surface area contributed by atoms with Gasteiger partial charge in [-0.2, -0.15) is 0 Å². The number of nitrogens with zero attached hydrogens (tertiary/aromatic N) is 3. The topological polar surface area (TPSA) is 210 Å². The summed E-state index contributed by atoms with van der Waals surface area (Å²) >= 11 is 0. The van der Waals surface area contributed by atoms with Crippen molar-refractivity contribution < 1.29 is 112 Å². The van der Waals surface area contributed by atoms with E-state index in [9.17, 15) is 49.7 Å². The van der Waals surface area contributed by atoms with Crippen molar-refractivity contribution >= 4 is 17.1 Å². The highest BCUT2D eigenvalue weighted by Gasteiger charge is 2.41. The number of alkyl halides is 9. The van der Waals surface area contributed by atoms with Gasteiger partial charge in [-0.25, -0.2) is 0 Å². The number of hydrogen-bond acceptors (Lipinski definition) is 18. The molecule has 6 aromatic rings. The molecule has 5 aliphatic heterocycles. The van der Waals surface area contributed by atoms with Gasteiger partial charge < -0.3 is 87.6 Å². The number of phenolic OH excluding ortho intramolecular Hbond substituents is 1. The second kappa shape index (κ2) is 34.8. The first kappa shape index (κ1) is 76.2. The lowest BCUT2D eigenvalue weighted by molar-refractivity contribution is -0.275. The number of piperidine rings is 3. The molecule has 11 rings (SSSR count). The number of ether oxygens (including phenoxy) is 10. The van der Waals surface area contributed by atoms with Crippen LogP contribution in [0.25, 0.3) is 0 Å². The van der Waals surface area contributed by atoms with Crippen LogP contribution >= 0.6 is 0 Å². The van der Waals surface area contributed by atoms with Crippen molar-refractivity contribution in [1.82, 2.24) is 0 Å². The highest BCUT2D eigenvalue weighted by Crippen LogP contribution is 2.34. The molecule has 5 aliphatic rings. The molecule has 5 N–H and O–H groups in total. The summed E-state index contributed by atoms with van der Waals surface area (Å²) in [6.07, 6.45) is -9.25. The average molecular weight is 1380 g/mol. The van der Waals surface area contributed by atoms with Gasteiger partial charge in [-0.3, -0.25) is 0 Å². The van der Waals surface area contributed by atoms with E-state index in [-0.39, 0.29) is 78.9 Å². The Labute approximate surface area is 557 Å². The first-order chi connectivity index (χ1) is 45.8. The summed E-state index contributed by atoms with van der Waals surface area (Å²) in [7, 11) is 0. The molecule has 0 unspecified atom stereocenters. The van der Waals surface area contributed by atoms with Crippen LogP contribution in [-0.4, -0.2) is 165 Å². The Bertz CT molecular complexity index is 3260. The monoisotopic (exact) mass is 1380 g/mol. The number of rotatable bonds is 21. The molecule has 5 heterocycles. The van der Waals surface area contributed by atoms with Gasteiger partial charge in [0.05, 0.1) is 33.0 Å². The normalized spacial score (nSPS) is 19.4. The van der Waals surface area contributed by atoms with Crippen LogP contribution in [0.3, 0.4) is 0 Å². The largest absolute Gasteiger partial charge is 0.573 e. The molecule has 5 fully saturated rings. The highest BCUT2D eigenvalue weighted by molar-refractivity contribution is 5.51. The van der Waals surface area contributed by atoms with Crippen LogP contribution in [0.2, 0.25) is 0 Å². The summed E-state index contributed by atoms with van der Waals surface area (Å²) in [6, 6.07) is 39.0. The molecule has 0 saturated carbocycles. The number of hydrogen-bond donors (Lipinski definition) is 5. The predicted molar refractivity (Wildman–Crippen MR) is 344 cm³/mol. The average Bonchev–Trinajstić information content (AvgIpc) is 1.80. The maximum atomic E-state index is 12.2. The fourth-order valence-corrected chi connectivity index (χ4v) is 9.54. The van der Waals surface area contributed by atoms with Gasteiger partial charge in [0.1, 0.15) is 100 Å². The van der Waals surface area contributed by atoms with E-state index < -0.39 is 24.7 Å². The second-order valence-electron chi connectivity index (χ2n) is 24.5. The number of anilines is 3. The van der Waals surface area contributed by atoms with Crippen LogP contribution in [0, 0.1) is 0 Å². The van der Waals surface area contributed by atoms with Crippen LogP contribution in [-0.2, 0) is 9.47 Å². The summed E-state index contributed by atoms with van der Waals surface area (Å²) in [4.78, 5) is 6.71. The first-order valence-corrected chi connectivity index (χ1v) is 31.4. The maximum Gasteiger partial charge on any atom is 0.573 e. The van der Waals surface area contributed by atoms with Crippen LogP contribution in [0.4, 0.5) is 56.6 Å². The lowest BCUT2D eigenvalue weighted by Crippen LogP contribution is -2.38. The number of benzene rings is 6. The van der Waals surface area contributed by atoms with Gasteiger partial charge in [-0.1, -0.05) is 12.2 Å². The van der Waals surface area contributed by atoms with E-state index in [1.807, 2.05) is 74.5 Å². The van der Waals surface area contributed by atoms with Crippen molar-refractivity contribution in [1.29, 1.82) is 0 Å². The van der Waals surface area contributed by atoms with Gasteiger partial charge in [0, 0.05) is 94.9 Å². The molecule has 0 aromatic heterocycles. The molecule has 0 aliphatic carbocycles.